The molecule has 2 saturated heterocycles. The summed E-state index contributed by atoms with van der Waals surface area (Å²) in [5.41, 5.74) is 3.18. The predicted octanol–water partition coefficient (Wildman–Crippen LogP) is 2.90. The normalized spacial score (nSPS) is 23.4. The third kappa shape index (κ3) is 3.87. The molecule has 4 rings (SSSR count). The summed E-state index contributed by atoms with van der Waals surface area (Å²) in [4.78, 5) is 25.3. The summed E-state index contributed by atoms with van der Waals surface area (Å²) < 4.78 is 0. The number of hydrogen-bond acceptors (Lipinski definition) is 7. The molecule has 0 bridgehead atoms. The van der Waals surface area contributed by atoms with Crippen molar-refractivity contribution in [2.75, 3.05) is 33.3 Å². The van der Waals surface area contributed by atoms with Gasteiger partial charge in [0.2, 0.25) is 0 Å². The summed E-state index contributed by atoms with van der Waals surface area (Å²) >= 11 is 0. The molecule has 8 heteroatoms. The monoisotopic (exact) mass is 431 g/mol. The Labute approximate surface area is 183 Å². The van der Waals surface area contributed by atoms with Crippen LogP contribution in [0.15, 0.2) is 17.9 Å². The van der Waals surface area contributed by atoms with Crippen LogP contribution in [0.5, 0.6) is 0 Å². The second-order valence-electron chi connectivity index (χ2n) is 9.00. The van der Waals surface area contributed by atoms with Crippen LogP contribution >= 0.6 is 0 Å². The molecule has 1 aromatic rings. The Hall–Kier alpha value is -1.97. The molecule has 8 nitrogen and oxygen atoms in total. The van der Waals surface area contributed by atoms with E-state index in [1.165, 1.54) is 10.1 Å². The number of hydroxylamine groups is 6. The van der Waals surface area contributed by atoms with Crippen LogP contribution in [0.2, 0.25) is 0 Å². The average Bonchev–Trinajstić information content (AvgIpc) is 2.92. The van der Waals surface area contributed by atoms with E-state index >= 15 is 0 Å². The van der Waals surface area contributed by atoms with Crippen molar-refractivity contribution >= 4 is 11.5 Å². The molecule has 1 spiro atoms. The van der Waals surface area contributed by atoms with Gasteiger partial charge < -0.3 is 15.2 Å². The number of carbonyl (C=O) groups excluding carboxylic acids is 1. The number of rotatable bonds is 4. The number of carbonyl (C=O) groups is 1. The number of piperidine rings is 2. The maximum Gasteiger partial charge on any atom is 0.282 e. The second kappa shape index (κ2) is 8.52. The largest absolute Gasteiger partial charge is 0.509 e. The van der Waals surface area contributed by atoms with Crippen molar-refractivity contribution in [3.8, 4) is 0 Å². The number of nitrogens with zero attached hydrogens (tertiary/aromatic N) is 3. The summed E-state index contributed by atoms with van der Waals surface area (Å²) in [6.45, 7) is 8.13. The fourth-order valence-corrected chi connectivity index (χ4v) is 5.25. The minimum atomic E-state index is -0.951. The Balaban J connectivity index is 1.71. The first-order valence-corrected chi connectivity index (χ1v) is 11.0. The number of aliphatic hydroxyl groups is 1. The van der Waals surface area contributed by atoms with E-state index in [2.05, 4.69) is 0 Å². The third-order valence-electron chi connectivity index (χ3n) is 6.87. The quantitative estimate of drug-likeness (QED) is 0.758. The first-order valence-electron chi connectivity index (χ1n) is 11.0. The molecule has 31 heavy (non-hydrogen) atoms. The average molecular weight is 432 g/mol. The summed E-state index contributed by atoms with van der Waals surface area (Å²) in [6, 6.07) is 4.06. The zero-order valence-electron chi connectivity index (χ0n) is 18.8. The molecule has 3 aliphatic heterocycles. The molecule has 1 amide bonds. The van der Waals surface area contributed by atoms with Crippen LogP contribution in [-0.4, -0.2) is 76.3 Å². The van der Waals surface area contributed by atoms with Gasteiger partial charge in [0.1, 0.15) is 11.3 Å². The zero-order chi connectivity index (χ0) is 22.3. The van der Waals surface area contributed by atoms with Gasteiger partial charge in [-0.1, -0.05) is 17.7 Å². The summed E-state index contributed by atoms with van der Waals surface area (Å²) in [7, 11) is 1.66. The van der Waals surface area contributed by atoms with Crippen LogP contribution in [0, 0.1) is 20.8 Å². The van der Waals surface area contributed by atoms with Gasteiger partial charge in [0.15, 0.2) is 0 Å². The number of benzene rings is 1. The van der Waals surface area contributed by atoms with Crippen molar-refractivity contribution < 1.29 is 24.8 Å². The Bertz CT molecular complexity index is 860. The van der Waals surface area contributed by atoms with Crippen LogP contribution in [0.25, 0.3) is 5.57 Å². The van der Waals surface area contributed by atoms with Crippen LogP contribution in [0.1, 0.15) is 47.9 Å². The molecule has 0 aliphatic carbocycles. The van der Waals surface area contributed by atoms with Gasteiger partial charge in [0, 0.05) is 26.2 Å². The first kappa shape index (κ1) is 22.2. The number of aryl methyl sites for hydroxylation is 3. The van der Waals surface area contributed by atoms with E-state index < -0.39 is 5.54 Å². The lowest BCUT2D eigenvalue weighted by Gasteiger charge is -2.44. The van der Waals surface area contributed by atoms with E-state index in [1.807, 2.05) is 38.0 Å². The predicted molar refractivity (Wildman–Crippen MR) is 115 cm³/mol. The number of amides is 1. The lowest BCUT2D eigenvalue weighted by atomic mass is 9.85. The molecule has 0 saturated carbocycles. The minimum Gasteiger partial charge on any atom is -0.509 e. The minimum absolute atomic E-state index is 0.0648. The Kier molecular flexibility index (Phi) is 6.11. The van der Waals surface area contributed by atoms with Crippen molar-refractivity contribution in [3.05, 3.63) is 40.1 Å². The van der Waals surface area contributed by atoms with Crippen LogP contribution in [-0.2, 0) is 14.5 Å². The Morgan fingerprint density at radius 3 is 2.16 bits per heavy atom. The summed E-state index contributed by atoms with van der Waals surface area (Å²) in [6.07, 6.45) is 2.15. The Morgan fingerprint density at radius 2 is 1.61 bits per heavy atom. The molecule has 0 atom stereocenters. The van der Waals surface area contributed by atoms with Crippen LogP contribution < -0.4 is 0 Å². The molecule has 1 aromatic carbocycles. The fourth-order valence-electron chi connectivity index (χ4n) is 5.25. The smallest absolute Gasteiger partial charge is 0.282 e. The highest BCUT2D eigenvalue weighted by molar-refractivity contribution is 6.23. The zero-order valence-corrected chi connectivity index (χ0v) is 18.8. The van der Waals surface area contributed by atoms with E-state index in [1.54, 1.807) is 7.11 Å². The molecule has 2 fully saturated rings. The topological polar surface area (TPSA) is 85.7 Å². The van der Waals surface area contributed by atoms with Crippen molar-refractivity contribution in [1.29, 1.82) is 0 Å². The highest BCUT2D eigenvalue weighted by Crippen LogP contribution is 2.47. The molecule has 3 aliphatic rings. The van der Waals surface area contributed by atoms with E-state index in [0.717, 1.165) is 48.2 Å². The van der Waals surface area contributed by atoms with Gasteiger partial charge in [-0.05, 0) is 63.1 Å². The van der Waals surface area contributed by atoms with Crippen molar-refractivity contribution in [2.24, 2.45) is 0 Å². The molecule has 0 radical (unpaired) electrons. The van der Waals surface area contributed by atoms with Gasteiger partial charge in [-0.25, -0.2) is 5.06 Å². The van der Waals surface area contributed by atoms with E-state index in [-0.39, 0.29) is 17.8 Å². The van der Waals surface area contributed by atoms with Crippen molar-refractivity contribution in [1.82, 2.24) is 15.2 Å². The number of hydrogen-bond donors (Lipinski definition) is 2. The standard InChI is InChI=1S/C23H33N3O5/c1-15-13-16(2)19(17(3)14-15)20-21(27)23(7-11-24(29)12-8-23)26(22(20)28)31-18-5-9-25(30-4)10-6-18/h13-14,18,27,29H,5-12H2,1-4H3. The first-order chi connectivity index (χ1) is 14.8. The third-order valence-corrected chi connectivity index (χ3v) is 6.87. The maximum atomic E-state index is 13.7. The number of aliphatic hydroxyl groups excluding tert-OH is 1. The fraction of sp³-hybridized carbons (Fsp3) is 0.609. The molecule has 3 heterocycles. The van der Waals surface area contributed by atoms with Crippen LogP contribution in [0.3, 0.4) is 0 Å². The molecule has 0 aromatic heterocycles. The maximum absolute atomic E-state index is 13.7. The van der Waals surface area contributed by atoms with Crippen molar-refractivity contribution in [3.63, 3.8) is 0 Å². The molecule has 2 N–H and O–H groups in total. The van der Waals surface area contributed by atoms with E-state index in [9.17, 15) is 15.1 Å². The lowest BCUT2D eigenvalue weighted by molar-refractivity contribution is -0.262. The molecular weight excluding hydrogens is 398 g/mol. The molecular formula is C23H33N3O5. The Morgan fingerprint density at radius 1 is 1.03 bits per heavy atom. The van der Waals surface area contributed by atoms with E-state index in [4.69, 9.17) is 9.68 Å². The molecule has 170 valence electrons. The molecule has 0 unspecified atom stereocenters. The van der Waals surface area contributed by atoms with Crippen molar-refractivity contribution in [2.45, 2.75) is 58.1 Å². The van der Waals surface area contributed by atoms with Gasteiger partial charge in [-0.15, -0.1) is 0 Å². The summed E-state index contributed by atoms with van der Waals surface area (Å²) in [5, 5.41) is 26.0. The van der Waals surface area contributed by atoms with E-state index in [0.29, 0.717) is 31.5 Å². The summed E-state index contributed by atoms with van der Waals surface area (Å²) in [5.74, 6) is -0.233. The highest BCUT2D eigenvalue weighted by atomic mass is 16.7. The highest BCUT2D eigenvalue weighted by Gasteiger charge is 2.56. The van der Waals surface area contributed by atoms with Gasteiger partial charge in [0.25, 0.3) is 5.91 Å². The lowest BCUT2D eigenvalue weighted by Crippen LogP contribution is -2.56. The van der Waals surface area contributed by atoms with Gasteiger partial charge >= 0.3 is 0 Å². The van der Waals surface area contributed by atoms with Crippen LogP contribution in [0.4, 0.5) is 0 Å². The van der Waals surface area contributed by atoms with Gasteiger partial charge in [-0.3, -0.25) is 9.63 Å². The van der Waals surface area contributed by atoms with Gasteiger partial charge in [0.05, 0.1) is 18.8 Å². The van der Waals surface area contributed by atoms with Gasteiger partial charge in [-0.2, -0.15) is 10.1 Å². The second-order valence-corrected chi connectivity index (χ2v) is 9.00. The SMILES string of the molecule is CON1CCC(ON2C(=O)C(c3c(C)cc(C)cc3C)=C(O)C23CCN(O)CC3)CC1.